The van der Waals surface area contributed by atoms with Crippen molar-refractivity contribution in [2.24, 2.45) is 5.73 Å². The average molecular weight is 188 g/mol. The van der Waals surface area contributed by atoms with Crippen LogP contribution in [0.5, 0.6) is 0 Å². The molecule has 0 heterocycles. The van der Waals surface area contributed by atoms with Crippen LogP contribution in [0, 0.1) is 0 Å². The van der Waals surface area contributed by atoms with Crippen molar-refractivity contribution in [2.45, 2.75) is 6.17 Å². The number of nitrogens with two attached hydrogens (primary N) is 1. The Bertz CT molecular complexity index is 216. The van der Waals surface area contributed by atoms with Crippen LogP contribution in [-0.4, -0.2) is 43.5 Å². The number of primary amides is 1. The Morgan fingerprint density at radius 3 is 2.31 bits per heavy atom. The first-order valence-electron chi connectivity index (χ1n) is 3.46. The average Bonchev–Trinajstić information content (AvgIpc) is 2.01. The standard InChI is InChI=1S/C6H12N4O3/c1-10(2)5(12)4(8-3-11)9-6(7)13/h3-4H,1-2H3,(H,8,11)(H3,7,9,13). The topological polar surface area (TPSA) is 105 Å². The molecule has 0 fully saturated rings. The highest BCUT2D eigenvalue weighted by atomic mass is 16.2. The van der Waals surface area contributed by atoms with E-state index in [-0.39, 0.29) is 0 Å². The minimum Gasteiger partial charge on any atom is -0.352 e. The summed E-state index contributed by atoms with van der Waals surface area (Å²) in [6.45, 7) is 0. The molecule has 1 unspecified atom stereocenters. The summed E-state index contributed by atoms with van der Waals surface area (Å²) in [5, 5.41) is 4.18. The van der Waals surface area contributed by atoms with Crippen molar-refractivity contribution in [3.8, 4) is 0 Å². The number of carbonyl (C=O) groups is 3. The SMILES string of the molecule is CN(C)C(=O)C(NC=O)NC(N)=O. The van der Waals surface area contributed by atoms with Gasteiger partial charge in [0.05, 0.1) is 0 Å². The van der Waals surface area contributed by atoms with Gasteiger partial charge >= 0.3 is 6.03 Å². The number of nitrogens with one attached hydrogen (secondary N) is 2. The second kappa shape index (κ2) is 4.96. The van der Waals surface area contributed by atoms with Crippen molar-refractivity contribution < 1.29 is 14.4 Å². The van der Waals surface area contributed by atoms with Crippen LogP contribution < -0.4 is 16.4 Å². The summed E-state index contributed by atoms with van der Waals surface area (Å²) >= 11 is 0. The highest BCUT2D eigenvalue weighted by Crippen LogP contribution is 1.84. The first kappa shape index (κ1) is 11.2. The highest BCUT2D eigenvalue weighted by molar-refractivity contribution is 5.87. The molecule has 13 heavy (non-hydrogen) atoms. The first-order chi connectivity index (χ1) is 5.99. The number of nitrogens with zero attached hydrogens (tertiary/aromatic N) is 1. The van der Waals surface area contributed by atoms with Gasteiger partial charge in [-0.05, 0) is 0 Å². The number of hydrogen-bond donors (Lipinski definition) is 3. The second-order valence-electron chi connectivity index (χ2n) is 2.46. The molecule has 4 N–H and O–H groups in total. The smallest absolute Gasteiger partial charge is 0.314 e. The van der Waals surface area contributed by atoms with Gasteiger partial charge in [-0.15, -0.1) is 0 Å². The third-order valence-electron chi connectivity index (χ3n) is 1.21. The number of rotatable bonds is 4. The monoisotopic (exact) mass is 188 g/mol. The lowest BCUT2D eigenvalue weighted by molar-refractivity contribution is -0.132. The van der Waals surface area contributed by atoms with Gasteiger partial charge in [-0.1, -0.05) is 0 Å². The molecule has 74 valence electrons. The van der Waals surface area contributed by atoms with E-state index in [4.69, 9.17) is 5.73 Å². The van der Waals surface area contributed by atoms with Gasteiger partial charge in [-0.2, -0.15) is 0 Å². The normalized spacial score (nSPS) is 11.2. The summed E-state index contributed by atoms with van der Waals surface area (Å²) < 4.78 is 0. The lowest BCUT2D eigenvalue weighted by Gasteiger charge is -2.19. The van der Waals surface area contributed by atoms with Crippen molar-refractivity contribution in [3.05, 3.63) is 0 Å². The van der Waals surface area contributed by atoms with Gasteiger partial charge in [0.15, 0.2) is 6.17 Å². The quantitative estimate of drug-likeness (QED) is 0.345. The molecule has 0 bridgehead atoms. The van der Waals surface area contributed by atoms with Crippen molar-refractivity contribution in [3.63, 3.8) is 0 Å². The lowest BCUT2D eigenvalue weighted by Crippen LogP contribution is -2.55. The van der Waals surface area contributed by atoms with Crippen LogP contribution in [0.2, 0.25) is 0 Å². The second-order valence-corrected chi connectivity index (χ2v) is 2.46. The number of amides is 4. The highest BCUT2D eigenvalue weighted by Gasteiger charge is 2.19. The molecule has 0 aromatic rings. The van der Waals surface area contributed by atoms with E-state index in [0.29, 0.717) is 6.41 Å². The van der Waals surface area contributed by atoms with Crippen LogP contribution in [0.1, 0.15) is 0 Å². The zero-order valence-electron chi connectivity index (χ0n) is 7.40. The molecule has 0 aliphatic heterocycles. The van der Waals surface area contributed by atoms with Gasteiger partial charge < -0.3 is 21.3 Å². The zero-order chi connectivity index (χ0) is 10.4. The van der Waals surface area contributed by atoms with E-state index < -0.39 is 18.1 Å². The first-order valence-corrected chi connectivity index (χ1v) is 3.46. The number of urea groups is 1. The van der Waals surface area contributed by atoms with E-state index >= 15 is 0 Å². The van der Waals surface area contributed by atoms with Crippen molar-refractivity contribution in [2.75, 3.05) is 14.1 Å². The molecule has 7 heteroatoms. The third kappa shape index (κ3) is 3.94. The maximum Gasteiger partial charge on any atom is 0.314 e. The van der Waals surface area contributed by atoms with Gasteiger partial charge in [-0.3, -0.25) is 9.59 Å². The minimum atomic E-state index is -1.11. The molecule has 0 aliphatic carbocycles. The number of hydrogen-bond acceptors (Lipinski definition) is 3. The molecule has 0 spiro atoms. The van der Waals surface area contributed by atoms with Crippen LogP contribution in [0.4, 0.5) is 4.79 Å². The van der Waals surface area contributed by atoms with Gasteiger partial charge in [0, 0.05) is 14.1 Å². The molecule has 0 radical (unpaired) electrons. The lowest BCUT2D eigenvalue weighted by atomic mass is 10.4. The van der Waals surface area contributed by atoms with Gasteiger partial charge in [0.2, 0.25) is 6.41 Å². The Kier molecular flexibility index (Phi) is 4.28. The molecule has 0 aromatic carbocycles. The largest absolute Gasteiger partial charge is 0.352 e. The molecule has 0 aliphatic rings. The fraction of sp³-hybridized carbons (Fsp3) is 0.500. The Morgan fingerprint density at radius 2 is 2.00 bits per heavy atom. The Hall–Kier alpha value is -1.79. The molecular weight excluding hydrogens is 176 g/mol. The van der Waals surface area contributed by atoms with E-state index in [0.717, 1.165) is 0 Å². The van der Waals surface area contributed by atoms with Crippen LogP contribution in [-0.2, 0) is 9.59 Å². The molecular formula is C6H12N4O3. The summed E-state index contributed by atoms with van der Waals surface area (Å²) in [6.07, 6.45) is -0.799. The van der Waals surface area contributed by atoms with Crippen LogP contribution in [0.15, 0.2) is 0 Å². The molecule has 4 amide bonds. The Morgan fingerprint density at radius 1 is 1.46 bits per heavy atom. The van der Waals surface area contributed by atoms with E-state index in [9.17, 15) is 14.4 Å². The third-order valence-corrected chi connectivity index (χ3v) is 1.21. The molecule has 0 saturated carbocycles. The predicted octanol–water partition coefficient (Wildman–Crippen LogP) is -2.18. The Labute approximate surface area is 75.2 Å². The van der Waals surface area contributed by atoms with Crippen molar-refractivity contribution >= 4 is 18.3 Å². The molecule has 0 rings (SSSR count). The van der Waals surface area contributed by atoms with Crippen molar-refractivity contribution in [1.82, 2.24) is 15.5 Å². The van der Waals surface area contributed by atoms with Crippen LogP contribution in [0.25, 0.3) is 0 Å². The van der Waals surface area contributed by atoms with Crippen molar-refractivity contribution in [1.29, 1.82) is 0 Å². The summed E-state index contributed by atoms with van der Waals surface area (Å²) in [4.78, 5) is 32.9. The van der Waals surface area contributed by atoms with Gasteiger partial charge in [0.25, 0.3) is 5.91 Å². The summed E-state index contributed by atoms with van der Waals surface area (Å²) in [6, 6.07) is -0.880. The van der Waals surface area contributed by atoms with E-state index in [1.54, 1.807) is 0 Å². The molecule has 0 aromatic heterocycles. The van der Waals surface area contributed by atoms with E-state index in [1.165, 1.54) is 19.0 Å². The zero-order valence-corrected chi connectivity index (χ0v) is 7.40. The number of carbonyl (C=O) groups excluding carboxylic acids is 3. The van der Waals surface area contributed by atoms with Crippen LogP contribution >= 0.6 is 0 Å². The molecule has 0 saturated heterocycles. The molecule has 1 atom stereocenters. The predicted molar refractivity (Wildman–Crippen MR) is 44.4 cm³/mol. The summed E-state index contributed by atoms with van der Waals surface area (Å²) in [7, 11) is 2.98. The molecule has 7 nitrogen and oxygen atoms in total. The fourth-order valence-corrected chi connectivity index (χ4v) is 0.643. The minimum absolute atomic E-state index is 0.308. The maximum absolute atomic E-state index is 11.2. The fourth-order valence-electron chi connectivity index (χ4n) is 0.643. The maximum atomic E-state index is 11.2. The summed E-state index contributed by atoms with van der Waals surface area (Å²) in [5.41, 5.74) is 4.78. The van der Waals surface area contributed by atoms with E-state index in [1.807, 2.05) is 0 Å². The number of likely N-dealkylation sites (N-methyl/N-ethyl adjacent to an activating group) is 1. The van der Waals surface area contributed by atoms with Gasteiger partial charge in [0.1, 0.15) is 0 Å². The Balaban J connectivity index is 4.31. The van der Waals surface area contributed by atoms with Crippen LogP contribution in [0.3, 0.4) is 0 Å². The summed E-state index contributed by atoms with van der Waals surface area (Å²) in [5.74, 6) is -0.467. The van der Waals surface area contributed by atoms with E-state index in [2.05, 4.69) is 10.6 Å². The van der Waals surface area contributed by atoms with Gasteiger partial charge in [-0.25, -0.2) is 4.79 Å².